The molecule has 0 amide bonds. The Labute approximate surface area is 86.0 Å². The van der Waals surface area contributed by atoms with E-state index in [2.05, 4.69) is 25.7 Å². The number of aromatic nitrogens is 1. The Morgan fingerprint density at radius 2 is 2.07 bits per heavy atom. The Balaban J connectivity index is 2.95. The van der Waals surface area contributed by atoms with Crippen LogP contribution in [-0.2, 0) is 0 Å². The van der Waals surface area contributed by atoms with Gasteiger partial charge in [-0.2, -0.15) is 0 Å². The van der Waals surface area contributed by atoms with E-state index in [1.54, 1.807) is 0 Å². The van der Waals surface area contributed by atoms with Crippen molar-refractivity contribution in [2.75, 3.05) is 7.11 Å². The highest BCUT2D eigenvalue weighted by Crippen LogP contribution is 2.31. The second-order valence-corrected chi connectivity index (χ2v) is 2.96. The van der Waals surface area contributed by atoms with Gasteiger partial charge >= 0.3 is 6.36 Å². The maximum absolute atomic E-state index is 11.8. The van der Waals surface area contributed by atoms with Crippen molar-refractivity contribution in [3.8, 4) is 11.5 Å². The molecule has 0 fully saturated rings. The first-order valence-corrected chi connectivity index (χ1v) is 4.17. The van der Waals surface area contributed by atoms with Gasteiger partial charge in [0.2, 0.25) is 0 Å². The fraction of sp³-hybridized carbons (Fsp3) is 0.286. The minimum absolute atomic E-state index is 0.0318. The molecule has 14 heavy (non-hydrogen) atoms. The van der Waals surface area contributed by atoms with Crippen LogP contribution in [-0.4, -0.2) is 18.5 Å². The molecule has 0 N–H and O–H groups in total. The van der Waals surface area contributed by atoms with Gasteiger partial charge in [0.05, 0.1) is 13.3 Å². The maximum Gasteiger partial charge on any atom is 0.573 e. The quantitative estimate of drug-likeness (QED) is 0.776. The topological polar surface area (TPSA) is 31.4 Å². The molecule has 0 aromatic carbocycles. The number of hydrogen-bond acceptors (Lipinski definition) is 3. The zero-order valence-electron chi connectivity index (χ0n) is 6.93. The second-order valence-electron chi connectivity index (χ2n) is 2.21. The third kappa shape index (κ3) is 3.06. The Kier molecular flexibility index (Phi) is 3.20. The van der Waals surface area contributed by atoms with Crippen LogP contribution in [0, 0.1) is 0 Å². The van der Waals surface area contributed by atoms with E-state index in [9.17, 15) is 13.2 Å². The molecule has 1 rings (SSSR count). The molecule has 0 aliphatic heterocycles. The van der Waals surface area contributed by atoms with E-state index in [1.807, 2.05) is 0 Å². The van der Waals surface area contributed by atoms with E-state index in [4.69, 9.17) is 4.74 Å². The normalized spacial score (nSPS) is 11.2. The molecule has 1 aromatic heterocycles. The lowest BCUT2D eigenvalue weighted by Crippen LogP contribution is -2.17. The molecule has 0 saturated heterocycles. The van der Waals surface area contributed by atoms with Crippen molar-refractivity contribution in [2.24, 2.45) is 0 Å². The maximum atomic E-state index is 11.8. The van der Waals surface area contributed by atoms with Gasteiger partial charge in [0, 0.05) is 6.07 Å². The van der Waals surface area contributed by atoms with Gasteiger partial charge in [-0.3, -0.25) is 0 Å². The Hall–Kier alpha value is -0.980. The fourth-order valence-electron chi connectivity index (χ4n) is 0.718. The van der Waals surface area contributed by atoms with Crippen molar-refractivity contribution >= 4 is 15.9 Å². The summed E-state index contributed by atoms with van der Waals surface area (Å²) in [5.41, 5.74) is 0. The van der Waals surface area contributed by atoms with E-state index in [0.29, 0.717) is 0 Å². The van der Waals surface area contributed by atoms with E-state index in [-0.39, 0.29) is 10.4 Å². The van der Waals surface area contributed by atoms with Crippen LogP contribution in [0.25, 0.3) is 0 Å². The molecule has 0 radical (unpaired) electrons. The molecular formula is C7H5BrF3NO2. The van der Waals surface area contributed by atoms with Crippen molar-refractivity contribution < 1.29 is 22.6 Å². The minimum atomic E-state index is -4.74. The van der Waals surface area contributed by atoms with Gasteiger partial charge in [0.15, 0.2) is 5.75 Å². The molecule has 1 heterocycles. The van der Waals surface area contributed by atoms with Crippen molar-refractivity contribution in [3.63, 3.8) is 0 Å². The zero-order chi connectivity index (χ0) is 10.8. The van der Waals surface area contributed by atoms with Gasteiger partial charge in [0.1, 0.15) is 10.4 Å². The highest BCUT2D eigenvalue weighted by atomic mass is 79.9. The molecule has 0 spiro atoms. The van der Waals surface area contributed by atoms with Crippen LogP contribution in [0.4, 0.5) is 13.2 Å². The van der Waals surface area contributed by atoms with Crippen LogP contribution in [0.5, 0.6) is 11.5 Å². The largest absolute Gasteiger partial charge is 0.573 e. The van der Waals surface area contributed by atoms with Gasteiger partial charge in [0.25, 0.3) is 0 Å². The van der Waals surface area contributed by atoms with Gasteiger partial charge in [-0.25, -0.2) is 4.98 Å². The second kappa shape index (κ2) is 4.04. The standard InChI is InChI=1S/C7H5BrF3NO2/c1-13-4-2-5(6(8)12-3-4)14-7(9,10)11/h2-3H,1H3. The Morgan fingerprint density at radius 3 is 2.57 bits per heavy atom. The molecule has 0 unspecified atom stereocenters. The summed E-state index contributed by atoms with van der Waals surface area (Å²) in [6.45, 7) is 0. The monoisotopic (exact) mass is 271 g/mol. The summed E-state index contributed by atoms with van der Waals surface area (Å²) in [5, 5.41) is 0. The van der Waals surface area contributed by atoms with Crippen molar-refractivity contribution in [2.45, 2.75) is 6.36 Å². The minimum Gasteiger partial charge on any atom is -0.495 e. The fourth-order valence-corrected chi connectivity index (χ4v) is 1.02. The molecule has 1 aromatic rings. The van der Waals surface area contributed by atoms with Gasteiger partial charge in [-0.1, -0.05) is 0 Å². The SMILES string of the molecule is COc1cnc(Br)c(OC(F)(F)F)c1. The summed E-state index contributed by atoms with van der Waals surface area (Å²) >= 11 is 2.82. The number of hydrogen-bond donors (Lipinski definition) is 0. The van der Waals surface area contributed by atoms with Gasteiger partial charge in [-0.15, -0.1) is 13.2 Å². The third-order valence-electron chi connectivity index (χ3n) is 1.24. The molecule has 0 aliphatic rings. The van der Waals surface area contributed by atoms with E-state index < -0.39 is 12.1 Å². The summed E-state index contributed by atoms with van der Waals surface area (Å²) in [4.78, 5) is 3.60. The average molecular weight is 272 g/mol. The Morgan fingerprint density at radius 1 is 1.43 bits per heavy atom. The van der Waals surface area contributed by atoms with Crippen LogP contribution >= 0.6 is 15.9 Å². The number of alkyl halides is 3. The summed E-state index contributed by atoms with van der Waals surface area (Å²) < 4.78 is 43.9. The third-order valence-corrected chi connectivity index (χ3v) is 1.84. The van der Waals surface area contributed by atoms with Crippen LogP contribution < -0.4 is 9.47 Å². The predicted molar refractivity (Wildman–Crippen MR) is 45.2 cm³/mol. The molecular weight excluding hydrogens is 267 g/mol. The van der Waals surface area contributed by atoms with E-state index in [0.717, 1.165) is 6.07 Å². The molecule has 0 atom stereocenters. The van der Waals surface area contributed by atoms with E-state index in [1.165, 1.54) is 13.3 Å². The first-order valence-electron chi connectivity index (χ1n) is 3.37. The van der Waals surface area contributed by atoms with Gasteiger partial charge < -0.3 is 9.47 Å². The van der Waals surface area contributed by atoms with E-state index >= 15 is 0 Å². The van der Waals surface area contributed by atoms with Crippen LogP contribution in [0.3, 0.4) is 0 Å². The van der Waals surface area contributed by atoms with Crippen LogP contribution in [0.15, 0.2) is 16.9 Å². The number of ether oxygens (including phenoxy) is 2. The smallest absolute Gasteiger partial charge is 0.495 e. The molecule has 78 valence electrons. The lowest BCUT2D eigenvalue weighted by Gasteiger charge is -2.10. The summed E-state index contributed by atoms with van der Waals surface area (Å²) in [6.07, 6.45) is -3.47. The highest BCUT2D eigenvalue weighted by Gasteiger charge is 2.32. The number of pyridine rings is 1. The van der Waals surface area contributed by atoms with Crippen molar-refractivity contribution in [1.29, 1.82) is 0 Å². The molecule has 0 aliphatic carbocycles. The molecule has 0 bridgehead atoms. The number of nitrogens with zero attached hydrogens (tertiary/aromatic N) is 1. The highest BCUT2D eigenvalue weighted by molar-refractivity contribution is 9.10. The van der Waals surface area contributed by atoms with Gasteiger partial charge in [-0.05, 0) is 15.9 Å². The van der Waals surface area contributed by atoms with Crippen LogP contribution in [0.1, 0.15) is 0 Å². The molecule has 0 saturated carbocycles. The summed E-state index contributed by atoms with van der Waals surface area (Å²) in [7, 11) is 1.32. The molecule has 3 nitrogen and oxygen atoms in total. The first kappa shape index (κ1) is 11.1. The van der Waals surface area contributed by atoms with Crippen LogP contribution in [0.2, 0.25) is 0 Å². The predicted octanol–water partition coefficient (Wildman–Crippen LogP) is 2.75. The number of methoxy groups -OCH3 is 1. The Bertz CT molecular complexity index is 329. The van der Waals surface area contributed by atoms with Crippen molar-refractivity contribution in [1.82, 2.24) is 4.98 Å². The average Bonchev–Trinajstić information content (AvgIpc) is 2.06. The summed E-state index contributed by atoms with van der Waals surface area (Å²) in [6, 6.07) is 1.09. The molecule has 7 heteroatoms. The van der Waals surface area contributed by atoms with Crippen molar-refractivity contribution in [3.05, 3.63) is 16.9 Å². The number of rotatable bonds is 2. The zero-order valence-corrected chi connectivity index (χ0v) is 8.52. The lowest BCUT2D eigenvalue weighted by atomic mass is 10.4. The lowest BCUT2D eigenvalue weighted by molar-refractivity contribution is -0.275. The summed E-state index contributed by atoms with van der Waals surface area (Å²) in [5.74, 6) is -0.246. The number of halogens is 4. The first-order chi connectivity index (χ1) is 6.42.